The number of hydrogen-bond donors (Lipinski definition) is 0. The van der Waals surface area contributed by atoms with Crippen molar-refractivity contribution >= 4 is 45.2 Å². The van der Waals surface area contributed by atoms with Crippen LogP contribution < -0.4 is 0 Å². The maximum Gasteiger partial charge on any atom is 0.308 e. The van der Waals surface area contributed by atoms with Crippen molar-refractivity contribution in [2.75, 3.05) is 13.2 Å². The maximum absolute atomic E-state index is 12.4. The van der Waals surface area contributed by atoms with Crippen molar-refractivity contribution in [3.05, 3.63) is 73.7 Å². The molecule has 3 rings (SSSR count). The number of carbonyl (C=O) groups excluding carboxylic acids is 4. The number of fused-ring (bicyclic) bond motifs is 1. The van der Waals surface area contributed by atoms with Gasteiger partial charge in [-0.05, 0) is 18.2 Å². The molecule has 1 heterocycles. The van der Waals surface area contributed by atoms with Gasteiger partial charge in [0.15, 0.2) is 12.4 Å². The quantitative estimate of drug-likeness (QED) is 0.204. The van der Waals surface area contributed by atoms with Gasteiger partial charge in [-0.1, -0.05) is 34.1 Å². The molecule has 2 amide bonds. The van der Waals surface area contributed by atoms with Crippen molar-refractivity contribution in [1.82, 2.24) is 4.90 Å². The van der Waals surface area contributed by atoms with Gasteiger partial charge in [0.1, 0.15) is 5.56 Å². The molecule has 0 aliphatic carbocycles. The Balaban J connectivity index is 1.58. The van der Waals surface area contributed by atoms with Crippen LogP contribution in [-0.4, -0.2) is 46.5 Å². The topological polar surface area (TPSA) is 124 Å². The number of hydrogen-bond acceptors (Lipinski definition) is 7. The molecule has 0 saturated heterocycles. The summed E-state index contributed by atoms with van der Waals surface area (Å²) < 4.78 is 5.70. The molecule has 29 heavy (non-hydrogen) atoms. The summed E-state index contributed by atoms with van der Waals surface area (Å²) in [6, 6.07) is 10.3. The summed E-state index contributed by atoms with van der Waals surface area (Å²) in [7, 11) is 0. The molecule has 1 aliphatic heterocycles. The lowest BCUT2D eigenvalue weighted by molar-refractivity contribution is -0.385. The van der Waals surface area contributed by atoms with Crippen molar-refractivity contribution in [1.29, 1.82) is 0 Å². The first-order valence-corrected chi connectivity index (χ1v) is 9.17. The molecule has 0 radical (unpaired) electrons. The first-order chi connectivity index (χ1) is 13.8. The fraction of sp³-hybridized carbons (Fsp3) is 0.158. The molecule has 0 unspecified atom stereocenters. The summed E-state index contributed by atoms with van der Waals surface area (Å²) in [6.45, 7) is -0.789. The highest BCUT2D eigenvalue weighted by atomic mass is 79.9. The van der Waals surface area contributed by atoms with Crippen LogP contribution in [0, 0.1) is 10.1 Å². The zero-order valence-corrected chi connectivity index (χ0v) is 16.4. The molecule has 148 valence electrons. The summed E-state index contributed by atoms with van der Waals surface area (Å²) in [5.41, 5.74) is -0.469. The van der Waals surface area contributed by atoms with Crippen LogP contribution in [0.25, 0.3) is 0 Å². The average Bonchev–Trinajstić information content (AvgIpc) is 2.95. The number of halogens is 1. The Bertz CT molecular complexity index is 1030. The van der Waals surface area contributed by atoms with Crippen molar-refractivity contribution in [3.63, 3.8) is 0 Å². The number of nitrogens with zero attached hydrogens (tertiary/aromatic N) is 2. The molecule has 1 aliphatic rings. The molecule has 0 spiro atoms. The zero-order valence-electron chi connectivity index (χ0n) is 14.8. The van der Waals surface area contributed by atoms with Crippen molar-refractivity contribution in [3.8, 4) is 0 Å². The van der Waals surface area contributed by atoms with Crippen LogP contribution in [0.3, 0.4) is 0 Å². The third-order valence-electron chi connectivity index (χ3n) is 4.24. The molecule has 0 bridgehead atoms. The minimum atomic E-state index is -0.837. The standard InChI is InChI=1S/C19H13BrN2O7/c20-12-6-4-11(5-7-12)15(23)10-29-16(24)8-9-21-18(25)13-2-1-3-14(22(27)28)17(13)19(21)26/h1-7H,8-10H2. The number of nitro groups is 1. The van der Waals surface area contributed by atoms with Gasteiger partial charge < -0.3 is 4.74 Å². The number of carbonyl (C=O) groups is 4. The Morgan fingerprint density at radius 1 is 1.07 bits per heavy atom. The predicted molar refractivity (Wildman–Crippen MR) is 103 cm³/mol. The van der Waals surface area contributed by atoms with Crippen LogP contribution in [0.15, 0.2) is 46.9 Å². The highest BCUT2D eigenvalue weighted by Gasteiger charge is 2.40. The summed E-state index contributed by atoms with van der Waals surface area (Å²) in [4.78, 5) is 59.8. The largest absolute Gasteiger partial charge is 0.457 e. The molecule has 0 saturated carbocycles. The lowest BCUT2D eigenvalue weighted by atomic mass is 10.1. The highest BCUT2D eigenvalue weighted by molar-refractivity contribution is 9.10. The van der Waals surface area contributed by atoms with Crippen LogP contribution in [0.1, 0.15) is 37.5 Å². The number of ether oxygens (including phenoxy) is 1. The molecule has 9 nitrogen and oxygen atoms in total. The van der Waals surface area contributed by atoms with E-state index in [2.05, 4.69) is 15.9 Å². The second kappa shape index (κ2) is 8.31. The first-order valence-electron chi connectivity index (χ1n) is 8.37. The van der Waals surface area contributed by atoms with Gasteiger partial charge in [0, 0.05) is 22.6 Å². The summed E-state index contributed by atoms with van der Waals surface area (Å²) >= 11 is 3.25. The number of benzene rings is 2. The molecule has 0 fully saturated rings. The lowest BCUT2D eigenvalue weighted by Gasteiger charge is -2.13. The zero-order chi connectivity index (χ0) is 21.1. The molecular weight excluding hydrogens is 448 g/mol. The monoisotopic (exact) mass is 460 g/mol. The molecule has 2 aromatic rings. The third-order valence-corrected chi connectivity index (χ3v) is 4.77. The third kappa shape index (κ3) is 4.21. The van der Waals surface area contributed by atoms with E-state index in [1.807, 2.05) is 0 Å². The number of amides is 2. The maximum atomic E-state index is 12.4. The van der Waals surface area contributed by atoms with E-state index in [1.54, 1.807) is 24.3 Å². The molecule has 2 aromatic carbocycles. The fourth-order valence-electron chi connectivity index (χ4n) is 2.81. The highest BCUT2D eigenvalue weighted by Crippen LogP contribution is 2.30. The molecule has 0 atom stereocenters. The van der Waals surface area contributed by atoms with E-state index in [-0.39, 0.29) is 24.1 Å². The van der Waals surface area contributed by atoms with Gasteiger partial charge in [-0.3, -0.25) is 34.2 Å². The second-order valence-corrected chi connectivity index (χ2v) is 6.98. The van der Waals surface area contributed by atoms with Gasteiger partial charge in [-0.15, -0.1) is 0 Å². The predicted octanol–water partition coefficient (Wildman–Crippen LogP) is 2.77. The molecule has 0 N–H and O–H groups in total. The number of imide groups is 1. The van der Waals surface area contributed by atoms with Crippen molar-refractivity contribution in [2.24, 2.45) is 0 Å². The van der Waals surface area contributed by atoms with E-state index in [4.69, 9.17) is 4.74 Å². The van der Waals surface area contributed by atoms with Crippen LogP contribution >= 0.6 is 15.9 Å². The van der Waals surface area contributed by atoms with E-state index in [9.17, 15) is 29.3 Å². The van der Waals surface area contributed by atoms with Gasteiger partial charge in [0.25, 0.3) is 17.5 Å². The molecule has 0 aromatic heterocycles. The van der Waals surface area contributed by atoms with Gasteiger partial charge in [-0.25, -0.2) is 0 Å². The first kappa shape index (κ1) is 20.3. The minimum Gasteiger partial charge on any atom is -0.457 e. The molecular formula is C19H13BrN2O7. The Morgan fingerprint density at radius 2 is 1.76 bits per heavy atom. The number of nitro benzene ring substituents is 1. The lowest BCUT2D eigenvalue weighted by Crippen LogP contribution is -2.32. The van der Waals surface area contributed by atoms with E-state index < -0.39 is 40.8 Å². The Morgan fingerprint density at radius 3 is 2.41 bits per heavy atom. The van der Waals surface area contributed by atoms with E-state index in [1.165, 1.54) is 12.1 Å². The number of Topliss-reactive ketones (excluding diaryl/α,β-unsaturated/α-hetero) is 1. The number of rotatable bonds is 7. The van der Waals surface area contributed by atoms with Gasteiger partial charge in [0.2, 0.25) is 0 Å². The van der Waals surface area contributed by atoms with E-state index >= 15 is 0 Å². The SMILES string of the molecule is O=C(CCN1C(=O)c2cccc([N+](=O)[O-])c2C1=O)OCC(=O)c1ccc(Br)cc1. The smallest absolute Gasteiger partial charge is 0.308 e. The summed E-state index contributed by atoms with van der Waals surface area (Å²) in [5, 5.41) is 11.1. The van der Waals surface area contributed by atoms with Crippen molar-refractivity contribution < 1.29 is 28.8 Å². The van der Waals surface area contributed by atoms with E-state index in [0.29, 0.717) is 5.56 Å². The molecule has 10 heteroatoms. The van der Waals surface area contributed by atoms with Crippen LogP contribution in [0.2, 0.25) is 0 Å². The normalized spacial score (nSPS) is 12.7. The average molecular weight is 461 g/mol. The number of esters is 1. The van der Waals surface area contributed by atoms with Crippen LogP contribution in [0.4, 0.5) is 5.69 Å². The van der Waals surface area contributed by atoms with Gasteiger partial charge in [0.05, 0.1) is 16.9 Å². The Kier molecular flexibility index (Phi) is 5.83. The van der Waals surface area contributed by atoms with Gasteiger partial charge in [-0.2, -0.15) is 0 Å². The summed E-state index contributed by atoms with van der Waals surface area (Å²) in [6.07, 6.45) is -0.340. The van der Waals surface area contributed by atoms with Crippen LogP contribution in [0.5, 0.6) is 0 Å². The second-order valence-electron chi connectivity index (χ2n) is 6.06. The van der Waals surface area contributed by atoms with E-state index in [0.717, 1.165) is 15.4 Å². The minimum absolute atomic E-state index is 0.0806. The van der Waals surface area contributed by atoms with Crippen molar-refractivity contribution in [2.45, 2.75) is 6.42 Å². The fourth-order valence-corrected chi connectivity index (χ4v) is 3.08. The number of ketones is 1. The summed E-state index contributed by atoms with van der Waals surface area (Å²) in [5.74, 6) is -2.73. The Labute approximate surface area is 172 Å². The van der Waals surface area contributed by atoms with Crippen LogP contribution in [-0.2, 0) is 9.53 Å². The Hall–Kier alpha value is -3.40. The van der Waals surface area contributed by atoms with Gasteiger partial charge >= 0.3 is 5.97 Å².